The molecule has 0 saturated carbocycles. The van der Waals surface area contributed by atoms with Crippen molar-refractivity contribution in [2.75, 3.05) is 5.75 Å². The lowest BCUT2D eigenvalue weighted by Crippen LogP contribution is -2.38. The van der Waals surface area contributed by atoms with E-state index in [1.807, 2.05) is 17.0 Å². The van der Waals surface area contributed by atoms with Crippen LogP contribution in [0.5, 0.6) is 0 Å². The Morgan fingerprint density at radius 2 is 1.74 bits per heavy atom. The number of nitrogens with zero attached hydrogens (tertiary/aromatic N) is 2. The molecule has 0 aromatic heterocycles. The van der Waals surface area contributed by atoms with E-state index in [4.69, 9.17) is 4.99 Å². The molecule has 1 unspecified atom stereocenters. The van der Waals surface area contributed by atoms with Crippen molar-refractivity contribution < 1.29 is 4.79 Å². The largest absolute Gasteiger partial charge is 0.279 e. The number of carbonyl (C=O) groups is 1. The van der Waals surface area contributed by atoms with Gasteiger partial charge in [0.1, 0.15) is 0 Å². The van der Waals surface area contributed by atoms with Gasteiger partial charge in [0.2, 0.25) is 5.91 Å². The van der Waals surface area contributed by atoms with Gasteiger partial charge < -0.3 is 0 Å². The first kappa shape index (κ1) is 16.6. The number of thioether (sulfide) groups is 1. The Hall–Kier alpha value is -2.59. The Morgan fingerprint density at radius 3 is 2.52 bits per heavy atom. The molecule has 1 fully saturated rings. The number of benzene rings is 2. The number of rotatable bonds is 2. The van der Waals surface area contributed by atoms with Crippen molar-refractivity contribution in [3.8, 4) is 0 Å². The zero-order valence-electron chi connectivity index (χ0n) is 15.0. The Morgan fingerprint density at radius 1 is 1.00 bits per heavy atom. The number of amides is 1. The smallest absolute Gasteiger partial charge is 0.239 e. The lowest BCUT2D eigenvalue weighted by molar-refractivity contribution is -0.125. The number of hydrogen-bond donors (Lipinski definition) is 0. The molecule has 2 aliphatic heterocycles. The molecule has 3 nitrogen and oxygen atoms in total. The fourth-order valence-electron chi connectivity index (χ4n) is 4.16. The molecule has 0 bridgehead atoms. The van der Waals surface area contributed by atoms with Gasteiger partial charge in [-0.05, 0) is 47.6 Å². The quantitative estimate of drug-likeness (QED) is 0.726. The summed E-state index contributed by atoms with van der Waals surface area (Å²) >= 11 is 1.56. The average Bonchev–Trinajstić information content (AvgIpc) is 3.09. The van der Waals surface area contributed by atoms with Crippen LogP contribution in [0, 0.1) is 0 Å². The number of allylic oxidation sites excluding steroid dienone is 1. The number of hydrogen-bond acceptors (Lipinski definition) is 3. The Balaban J connectivity index is 1.66. The fraction of sp³-hybridized carbons (Fsp3) is 0.217. The molecule has 5 rings (SSSR count). The molecule has 1 aliphatic carbocycles. The highest BCUT2D eigenvalue weighted by atomic mass is 32.2. The van der Waals surface area contributed by atoms with Crippen LogP contribution in [-0.2, 0) is 4.79 Å². The van der Waals surface area contributed by atoms with Gasteiger partial charge in [0.05, 0.1) is 17.5 Å². The molecule has 2 heterocycles. The summed E-state index contributed by atoms with van der Waals surface area (Å²) in [6, 6.07) is 20.8. The summed E-state index contributed by atoms with van der Waals surface area (Å²) in [5.74, 6) is 0.652. The summed E-state index contributed by atoms with van der Waals surface area (Å²) in [5.41, 5.74) is 6.06. The molecule has 2 aromatic carbocycles. The summed E-state index contributed by atoms with van der Waals surface area (Å²) in [5, 5.41) is 0.855. The third kappa shape index (κ3) is 2.94. The highest BCUT2D eigenvalue weighted by Crippen LogP contribution is 2.47. The van der Waals surface area contributed by atoms with E-state index in [0.717, 1.165) is 30.1 Å². The van der Waals surface area contributed by atoms with Crippen LogP contribution in [0.25, 0.3) is 6.08 Å². The monoisotopic (exact) mass is 372 g/mol. The molecule has 1 atom stereocenters. The molecule has 0 spiro atoms. The zero-order valence-corrected chi connectivity index (χ0v) is 15.8. The summed E-state index contributed by atoms with van der Waals surface area (Å²) < 4.78 is 0. The molecular weight excluding hydrogens is 352 g/mol. The third-order valence-corrected chi connectivity index (χ3v) is 6.29. The van der Waals surface area contributed by atoms with E-state index in [9.17, 15) is 4.79 Å². The number of amidine groups is 1. The van der Waals surface area contributed by atoms with E-state index >= 15 is 0 Å². The first-order chi connectivity index (χ1) is 13.3. The van der Waals surface area contributed by atoms with E-state index in [1.165, 1.54) is 22.3 Å². The topological polar surface area (TPSA) is 32.7 Å². The van der Waals surface area contributed by atoms with Crippen molar-refractivity contribution in [2.45, 2.75) is 25.3 Å². The van der Waals surface area contributed by atoms with Crippen LogP contribution in [0.2, 0.25) is 0 Å². The summed E-state index contributed by atoms with van der Waals surface area (Å²) in [7, 11) is 0. The van der Waals surface area contributed by atoms with E-state index in [2.05, 4.69) is 54.6 Å². The van der Waals surface area contributed by atoms with Crippen molar-refractivity contribution in [1.29, 1.82) is 0 Å². The van der Waals surface area contributed by atoms with Gasteiger partial charge in [-0.1, -0.05) is 72.4 Å². The minimum Gasteiger partial charge on any atom is -0.279 e. The second kappa shape index (κ2) is 6.86. The highest BCUT2D eigenvalue weighted by Gasteiger charge is 2.42. The fourth-order valence-corrected chi connectivity index (χ4v) is 5.06. The molecule has 27 heavy (non-hydrogen) atoms. The standard InChI is InChI=1S/C23H20N2OS/c26-20-15-27-23-24-21-18(14-16-8-3-1-4-9-16)12-7-13-19(21)22(25(20)23)17-10-5-2-6-11-17/h1-6,8-11,14,22H,7,12-13,15H2/b18-14+. The second-order valence-electron chi connectivity index (χ2n) is 7.07. The summed E-state index contributed by atoms with van der Waals surface area (Å²) in [6.45, 7) is 0. The van der Waals surface area contributed by atoms with Crippen molar-refractivity contribution >= 4 is 28.9 Å². The molecule has 0 radical (unpaired) electrons. The Kier molecular flexibility index (Phi) is 4.21. The van der Waals surface area contributed by atoms with Crippen LogP contribution in [0.1, 0.15) is 36.4 Å². The molecule has 4 heteroatoms. The van der Waals surface area contributed by atoms with Crippen LogP contribution >= 0.6 is 11.8 Å². The molecule has 134 valence electrons. The van der Waals surface area contributed by atoms with Crippen LogP contribution in [0.15, 0.2) is 82.5 Å². The molecule has 0 N–H and O–H groups in total. The van der Waals surface area contributed by atoms with Gasteiger partial charge in [-0.25, -0.2) is 4.99 Å². The molecular formula is C23H20N2OS. The van der Waals surface area contributed by atoms with E-state index in [-0.39, 0.29) is 11.9 Å². The van der Waals surface area contributed by atoms with Gasteiger partial charge in [-0.15, -0.1) is 0 Å². The summed E-state index contributed by atoms with van der Waals surface area (Å²) in [6.07, 6.45) is 5.38. The van der Waals surface area contributed by atoms with Crippen molar-refractivity contribution in [2.24, 2.45) is 4.99 Å². The average molecular weight is 372 g/mol. The van der Waals surface area contributed by atoms with E-state index in [0.29, 0.717) is 5.75 Å². The van der Waals surface area contributed by atoms with Gasteiger partial charge >= 0.3 is 0 Å². The molecule has 3 aliphatic rings. The van der Waals surface area contributed by atoms with Crippen molar-refractivity contribution in [3.05, 3.63) is 88.6 Å². The minimum atomic E-state index is -0.0179. The molecule has 2 aromatic rings. The predicted octanol–water partition coefficient (Wildman–Crippen LogP) is 5.19. The lowest BCUT2D eigenvalue weighted by atomic mass is 9.83. The summed E-state index contributed by atoms with van der Waals surface area (Å²) in [4.78, 5) is 19.5. The third-order valence-electron chi connectivity index (χ3n) is 5.35. The van der Waals surface area contributed by atoms with Crippen molar-refractivity contribution in [3.63, 3.8) is 0 Å². The normalized spacial score (nSPS) is 23.3. The second-order valence-corrected chi connectivity index (χ2v) is 8.01. The van der Waals surface area contributed by atoms with Crippen LogP contribution < -0.4 is 0 Å². The first-order valence-corrected chi connectivity index (χ1v) is 10.4. The zero-order chi connectivity index (χ0) is 18.2. The van der Waals surface area contributed by atoms with Gasteiger partial charge in [-0.2, -0.15) is 0 Å². The maximum absolute atomic E-state index is 12.6. The Bertz CT molecular complexity index is 976. The Labute approximate surface area is 163 Å². The van der Waals surface area contributed by atoms with Gasteiger partial charge in [0.25, 0.3) is 0 Å². The lowest BCUT2D eigenvalue weighted by Gasteiger charge is -2.37. The number of aliphatic imine (C=N–C) groups is 1. The molecule has 1 amide bonds. The maximum atomic E-state index is 12.6. The van der Waals surface area contributed by atoms with Crippen LogP contribution in [0.4, 0.5) is 0 Å². The van der Waals surface area contributed by atoms with Gasteiger partial charge in [0, 0.05) is 0 Å². The van der Waals surface area contributed by atoms with Crippen molar-refractivity contribution in [1.82, 2.24) is 4.90 Å². The number of carbonyl (C=O) groups excluding carboxylic acids is 1. The predicted molar refractivity (Wildman–Crippen MR) is 111 cm³/mol. The SMILES string of the molecule is O=C1CSC2=NC3=C(CCC/C3=C\c3ccccc3)C(c3ccccc3)N12. The van der Waals surface area contributed by atoms with Crippen LogP contribution in [-0.4, -0.2) is 21.7 Å². The maximum Gasteiger partial charge on any atom is 0.239 e. The van der Waals surface area contributed by atoms with E-state index < -0.39 is 0 Å². The van der Waals surface area contributed by atoms with Gasteiger partial charge in [-0.3, -0.25) is 9.69 Å². The first-order valence-electron chi connectivity index (χ1n) is 9.39. The highest BCUT2D eigenvalue weighted by molar-refractivity contribution is 8.15. The van der Waals surface area contributed by atoms with Crippen LogP contribution in [0.3, 0.4) is 0 Å². The van der Waals surface area contributed by atoms with Gasteiger partial charge in [0.15, 0.2) is 5.17 Å². The van der Waals surface area contributed by atoms with E-state index in [1.54, 1.807) is 11.8 Å². The number of fused-ring (bicyclic) bond motifs is 1. The molecule has 1 saturated heterocycles. The minimum absolute atomic E-state index is 0.0179.